The lowest BCUT2D eigenvalue weighted by atomic mass is 10.1. The van der Waals surface area contributed by atoms with Crippen molar-refractivity contribution in [3.63, 3.8) is 0 Å². The van der Waals surface area contributed by atoms with E-state index in [1.807, 2.05) is 32.3 Å². The summed E-state index contributed by atoms with van der Waals surface area (Å²) in [6, 6.07) is 3.96. The molecule has 0 aromatic carbocycles. The van der Waals surface area contributed by atoms with E-state index in [4.69, 9.17) is 0 Å². The van der Waals surface area contributed by atoms with Crippen molar-refractivity contribution in [2.24, 2.45) is 5.92 Å². The van der Waals surface area contributed by atoms with Crippen LogP contribution in [-0.4, -0.2) is 27.3 Å². The normalized spacial score (nSPS) is 13.9. The van der Waals surface area contributed by atoms with Gasteiger partial charge in [0.25, 0.3) is 0 Å². The predicted molar refractivity (Wildman–Crippen MR) is 96.3 cm³/mol. The predicted octanol–water partition coefficient (Wildman–Crippen LogP) is 3.45. The number of rotatable bonds is 4. The van der Waals surface area contributed by atoms with Crippen LogP contribution in [0.4, 0.5) is 11.6 Å². The van der Waals surface area contributed by atoms with Crippen LogP contribution in [-0.2, 0) is 4.79 Å². The third-order valence-corrected chi connectivity index (χ3v) is 5.02. The van der Waals surface area contributed by atoms with Crippen molar-refractivity contribution in [2.45, 2.75) is 19.8 Å². The van der Waals surface area contributed by atoms with Crippen LogP contribution >= 0.6 is 11.5 Å². The lowest BCUT2D eigenvalue weighted by Gasteiger charge is -2.11. The van der Waals surface area contributed by atoms with Gasteiger partial charge in [0.05, 0.1) is 10.6 Å². The lowest BCUT2D eigenvalue weighted by Crippen LogP contribution is -2.14. The topological polar surface area (TPSA) is 79.8 Å². The molecule has 1 aliphatic carbocycles. The number of carbonyl (C=O) groups excluding carboxylic acids is 1. The van der Waals surface area contributed by atoms with E-state index >= 15 is 0 Å². The van der Waals surface area contributed by atoms with Crippen molar-refractivity contribution in [3.05, 3.63) is 30.2 Å². The molecule has 0 aliphatic heterocycles. The highest BCUT2D eigenvalue weighted by Crippen LogP contribution is 2.35. The molecule has 0 bridgehead atoms. The van der Waals surface area contributed by atoms with Crippen LogP contribution in [0.15, 0.2) is 24.5 Å². The number of amides is 1. The monoisotopic (exact) mass is 339 g/mol. The summed E-state index contributed by atoms with van der Waals surface area (Å²) >= 11 is 1.45. The van der Waals surface area contributed by atoms with Gasteiger partial charge in [-0.3, -0.25) is 4.79 Å². The number of fused-ring (bicyclic) bond motifs is 1. The summed E-state index contributed by atoms with van der Waals surface area (Å²) in [5.74, 6) is 1.55. The quantitative estimate of drug-likeness (QED) is 0.761. The van der Waals surface area contributed by atoms with Crippen molar-refractivity contribution in [1.29, 1.82) is 0 Å². The van der Waals surface area contributed by atoms with Crippen molar-refractivity contribution < 1.29 is 4.79 Å². The van der Waals surface area contributed by atoms with E-state index in [2.05, 4.69) is 25.0 Å². The van der Waals surface area contributed by atoms with Crippen LogP contribution in [0.5, 0.6) is 0 Å². The van der Waals surface area contributed by atoms with Gasteiger partial charge in [-0.15, -0.1) is 0 Å². The molecule has 1 fully saturated rings. The highest BCUT2D eigenvalue weighted by molar-refractivity contribution is 7.09. The second kappa shape index (κ2) is 5.83. The molecule has 1 saturated carbocycles. The minimum Gasteiger partial charge on any atom is -0.373 e. The van der Waals surface area contributed by atoms with Gasteiger partial charge in [-0.25, -0.2) is 9.97 Å². The Kier molecular flexibility index (Phi) is 3.65. The zero-order chi connectivity index (χ0) is 16.7. The first-order valence-electron chi connectivity index (χ1n) is 7.87. The first-order chi connectivity index (χ1) is 11.7. The Labute approximate surface area is 143 Å². The Hall–Kier alpha value is -2.54. The summed E-state index contributed by atoms with van der Waals surface area (Å²) < 4.78 is 4.36. The van der Waals surface area contributed by atoms with Gasteiger partial charge in [0.15, 0.2) is 0 Å². The van der Waals surface area contributed by atoms with Gasteiger partial charge in [0.1, 0.15) is 11.6 Å². The molecule has 3 heterocycles. The van der Waals surface area contributed by atoms with Crippen LogP contribution in [0.25, 0.3) is 21.2 Å². The van der Waals surface area contributed by atoms with Gasteiger partial charge in [0.2, 0.25) is 5.91 Å². The Morgan fingerprint density at radius 2 is 2.04 bits per heavy atom. The standard InChI is InChI=1S/C17H17N5OS/c1-9-5-14(24-22-9)12-7-20-16(18-2)13-8-19-15(6-11(12)13)21-17(23)10-3-4-10/h5-8,10H,3-4H2,1-2H3,(H,18,20)(H,19,21,23). The molecule has 7 heteroatoms. The summed E-state index contributed by atoms with van der Waals surface area (Å²) in [5, 5.41) is 7.93. The molecule has 0 saturated heterocycles. The molecule has 1 aliphatic rings. The minimum atomic E-state index is 0.0555. The minimum absolute atomic E-state index is 0.0555. The number of hydrogen-bond donors (Lipinski definition) is 2. The number of anilines is 2. The fourth-order valence-electron chi connectivity index (χ4n) is 2.66. The van der Waals surface area contributed by atoms with E-state index in [1.54, 1.807) is 6.20 Å². The SMILES string of the molecule is CNc1ncc(-c2cc(C)ns2)c2cc(NC(=O)C3CC3)ncc12. The van der Waals surface area contributed by atoms with Gasteiger partial charge < -0.3 is 10.6 Å². The highest BCUT2D eigenvalue weighted by atomic mass is 32.1. The smallest absolute Gasteiger partial charge is 0.228 e. The summed E-state index contributed by atoms with van der Waals surface area (Å²) in [4.78, 5) is 21.9. The van der Waals surface area contributed by atoms with Gasteiger partial charge in [0, 0.05) is 41.7 Å². The van der Waals surface area contributed by atoms with Crippen molar-refractivity contribution >= 4 is 39.8 Å². The molecule has 0 spiro atoms. The van der Waals surface area contributed by atoms with E-state index in [1.165, 1.54) is 11.5 Å². The van der Waals surface area contributed by atoms with Crippen molar-refractivity contribution in [2.75, 3.05) is 17.7 Å². The van der Waals surface area contributed by atoms with Crippen LogP contribution < -0.4 is 10.6 Å². The third-order valence-electron chi connectivity index (χ3n) is 4.10. The average Bonchev–Trinajstić information content (AvgIpc) is 3.35. The first kappa shape index (κ1) is 15.0. The fraction of sp³-hybridized carbons (Fsp3) is 0.294. The lowest BCUT2D eigenvalue weighted by molar-refractivity contribution is -0.117. The Balaban J connectivity index is 1.83. The van der Waals surface area contributed by atoms with Gasteiger partial charge in [-0.2, -0.15) is 4.37 Å². The van der Waals surface area contributed by atoms with Crippen LogP contribution in [0.3, 0.4) is 0 Å². The van der Waals surface area contributed by atoms with Gasteiger partial charge in [-0.1, -0.05) is 0 Å². The number of nitrogens with zero attached hydrogens (tertiary/aromatic N) is 3. The van der Waals surface area contributed by atoms with E-state index in [-0.39, 0.29) is 11.8 Å². The third kappa shape index (κ3) is 2.71. The number of aryl methyl sites for hydroxylation is 1. The molecule has 4 rings (SSSR count). The van der Waals surface area contributed by atoms with Gasteiger partial charge >= 0.3 is 0 Å². The zero-order valence-electron chi connectivity index (χ0n) is 13.5. The summed E-state index contributed by atoms with van der Waals surface area (Å²) in [5.41, 5.74) is 1.98. The summed E-state index contributed by atoms with van der Waals surface area (Å²) in [7, 11) is 1.83. The molecular weight excluding hydrogens is 322 g/mol. The first-order valence-corrected chi connectivity index (χ1v) is 8.64. The summed E-state index contributed by atoms with van der Waals surface area (Å²) in [6.07, 6.45) is 5.54. The average molecular weight is 339 g/mol. The summed E-state index contributed by atoms with van der Waals surface area (Å²) in [6.45, 7) is 1.97. The Bertz CT molecular complexity index is 932. The van der Waals surface area contributed by atoms with Gasteiger partial charge in [-0.05, 0) is 43.4 Å². The number of carbonyl (C=O) groups is 1. The molecule has 0 unspecified atom stereocenters. The van der Waals surface area contributed by atoms with Crippen LogP contribution in [0, 0.1) is 12.8 Å². The Morgan fingerprint density at radius 3 is 2.71 bits per heavy atom. The second-order valence-corrected chi connectivity index (χ2v) is 6.79. The molecule has 1 amide bonds. The van der Waals surface area contributed by atoms with E-state index in [9.17, 15) is 4.79 Å². The van der Waals surface area contributed by atoms with E-state index < -0.39 is 0 Å². The molecule has 3 aromatic heterocycles. The number of nitrogens with one attached hydrogen (secondary N) is 2. The maximum Gasteiger partial charge on any atom is 0.228 e. The molecule has 3 aromatic rings. The molecule has 0 radical (unpaired) electrons. The van der Waals surface area contributed by atoms with Crippen LogP contribution in [0.1, 0.15) is 18.5 Å². The maximum atomic E-state index is 12.0. The highest BCUT2D eigenvalue weighted by Gasteiger charge is 2.29. The molecule has 0 atom stereocenters. The molecule has 2 N–H and O–H groups in total. The molecule has 122 valence electrons. The molecular formula is C17H17N5OS. The number of hydrogen-bond acceptors (Lipinski definition) is 6. The Morgan fingerprint density at radius 1 is 1.21 bits per heavy atom. The maximum absolute atomic E-state index is 12.0. The van der Waals surface area contributed by atoms with Crippen LogP contribution in [0.2, 0.25) is 0 Å². The van der Waals surface area contributed by atoms with E-state index in [0.717, 1.165) is 45.6 Å². The number of aromatic nitrogens is 3. The molecule has 24 heavy (non-hydrogen) atoms. The largest absolute Gasteiger partial charge is 0.373 e. The fourth-order valence-corrected chi connectivity index (χ4v) is 3.44. The van der Waals surface area contributed by atoms with Crippen molar-refractivity contribution in [3.8, 4) is 10.4 Å². The second-order valence-electron chi connectivity index (χ2n) is 5.98. The molecule has 6 nitrogen and oxygen atoms in total. The number of pyridine rings is 2. The van der Waals surface area contributed by atoms with E-state index in [0.29, 0.717) is 5.82 Å². The zero-order valence-corrected chi connectivity index (χ0v) is 14.3. The van der Waals surface area contributed by atoms with Crippen molar-refractivity contribution in [1.82, 2.24) is 14.3 Å².